The predicted molar refractivity (Wildman–Crippen MR) is 300 cm³/mol. The van der Waals surface area contributed by atoms with Crippen molar-refractivity contribution in [3.05, 3.63) is 260 Å². The molecule has 13 aromatic rings. The Hall–Kier alpha value is -9.91. The second-order valence-electron chi connectivity index (χ2n) is 18.7. The maximum Gasteiger partial charge on any atom is 0.164 e. The van der Waals surface area contributed by atoms with Gasteiger partial charge in [-0.15, -0.1) is 0 Å². The zero-order valence-electron chi connectivity index (χ0n) is 40.0. The monoisotopic (exact) mass is 945 g/mol. The van der Waals surface area contributed by atoms with Gasteiger partial charge in [-0.05, 0) is 74.3 Å². The second-order valence-corrected chi connectivity index (χ2v) is 18.7. The van der Waals surface area contributed by atoms with Crippen molar-refractivity contribution in [2.45, 2.75) is 6.42 Å². The summed E-state index contributed by atoms with van der Waals surface area (Å²) in [5, 5.41) is 2.22. The molecule has 0 fully saturated rings. The number of hydrogen-bond donors (Lipinski definition) is 0. The van der Waals surface area contributed by atoms with Crippen LogP contribution in [0.5, 0.6) is 0 Å². The maximum absolute atomic E-state index is 6.40. The maximum atomic E-state index is 6.40. The van der Waals surface area contributed by atoms with Gasteiger partial charge in [0.15, 0.2) is 23.3 Å². The molecule has 1 aliphatic carbocycles. The molecule has 346 valence electrons. The fourth-order valence-corrected chi connectivity index (χ4v) is 10.6. The second kappa shape index (κ2) is 18.0. The quantitative estimate of drug-likeness (QED) is 0.143. The molecule has 3 aromatic heterocycles. The van der Waals surface area contributed by atoms with Crippen molar-refractivity contribution in [3.8, 4) is 113 Å². The smallest absolute Gasteiger partial charge is 0.164 e. The van der Waals surface area contributed by atoms with Gasteiger partial charge in [-0.2, -0.15) is 0 Å². The fraction of sp³-hybridized carbons (Fsp3) is 0.0147. The summed E-state index contributed by atoms with van der Waals surface area (Å²) in [5.74, 6) is 2.55. The first-order chi connectivity index (χ1) is 36.6. The number of hydrogen-bond acceptors (Lipinski definition) is 6. The molecule has 3 heterocycles. The van der Waals surface area contributed by atoms with Gasteiger partial charge in [0.25, 0.3) is 0 Å². The largest absolute Gasteiger partial charge is 0.455 e. The van der Waals surface area contributed by atoms with Crippen molar-refractivity contribution in [1.29, 1.82) is 0 Å². The normalized spacial score (nSPS) is 11.7. The van der Waals surface area contributed by atoms with E-state index in [1.807, 2.05) is 48.5 Å². The summed E-state index contributed by atoms with van der Waals surface area (Å²) in [4.78, 5) is 26.0. The number of furan rings is 1. The number of rotatable bonds is 9. The van der Waals surface area contributed by atoms with Gasteiger partial charge in [-0.3, -0.25) is 0 Å². The van der Waals surface area contributed by atoms with Gasteiger partial charge in [-0.1, -0.05) is 224 Å². The van der Waals surface area contributed by atoms with E-state index in [4.69, 9.17) is 29.3 Å². The van der Waals surface area contributed by atoms with Crippen LogP contribution in [0.4, 0.5) is 0 Å². The summed E-state index contributed by atoms with van der Waals surface area (Å²) in [6.07, 6.45) is 0.786. The van der Waals surface area contributed by atoms with E-state index in [1.165, 1.54) is 33.4 Å². The minimum absolute atomic E-state index is 0.609. The van der Waals surface area contributed by atoms with Crippen LogP contribution in [0.25, 0.3) is 135 Å². The first-order valence-corrected chi connectivity index (χ1v) is 24.9. The molecule has 0 N–H and O–H groups in total. The first-order valence-electron chi connectivity index (χ1n) is 24.9. The third-order valence-corrected chi connectivity index (χ3v) is 14.3. The third kappa shape index (κ3) is 7.73. The summed E-state index contributed by atoms with van der Waals surface area (Å²) in [6, 6.07) is 86.5. The molecule has 6 heteroatoms. The number of fused-ring (bicyclic) bond motifs is 6. The molecule has 0 aliphatic heterocycles. The van der Waals surface area contributed by atoms with Gasteiger partial charge in [0, 0.05) is 56.1 Å². The number of para-hydroxylation sites is 2. The highest BCUT2D eigenvalue weighted by molar-refractivity contribution is 6.09. The minimum atomic E-state index is 0.609. The van der Waals surface area contributed by atoms with Crippen molar-refractivity contribution < 1.29 is 4.42 Å². The molecule has 14 rings (SSSR count). The molecule has 0 amide bonds. The van der Waals surface area contributed by atoms with Crippen LogP contribution in [0.3, 0.4) is 0 Å². The zero-order chi connectivity index (χ0) is 49.0. The predicted octanol–water partition coefficient (Wildman–Crippen LogP) is 17.1. The van der Waals surface area contributed by atoms with Crippen LogP contribution in [0.2, 0.25) is 0 Å². The molecule has 1 aliphatic rings. The number of aromatic nitrogens is 5. The van der Waals surface area contributed by atoms with E-state index >= 15 is 0 Å². The third-order valence-electron chi connectivity index (χ3n) is 14.3. The van der Waals surface area contributed by atoms with E-state index in [2.05, 4.69) is 200 Å². The highest BCUT2D eigenvalue weighted by Crippen LogP contribution is 2.45. The Labute approximate surface area is 428 Å². The molecule has 0 unspecified atom stereocenters. The van der Waals surface area contributed by atoms with Crippen molar-refractivity contribution >= 4 is 21.9 Å². The Morgan fingerprint density at radius 3 is 1.39 bits per heavy atom. The summed E-state index contributed by atoms with van der Waals surface area (Å²) in [5.41, 5.74) is 20.9. The fourth-order valence-electron chi connectivity index (χ4n) is 10.6. The molecule has 0 spiro atoms. The van der Waals surface area contributed by atoms with Crippen LogP contribution in [0.15, 0.2) is 253 Å². The van der Waals surface area contributed by atoms with Crippen LogP contribution in [0, 0.1) is 0 Å². The van der Waals surface area contributed by atoms with Gasteiger partial charge in [-0.25, -0.2) is 24.9 Å². The molecule has 0 radical (unpaired) electrons. The standard InChI is InChI=1S/C68H43N5O/c1-4-17-43(18-5-1)52-28-14-30-54-55-31-16-33-58(60(55)41-59(52)54)68-72-66(47-21-8-3-9-22-47)71-67(73-68)51-26-13-24-49(40-51)48-23-12-25-50(39-48)62-42-61(69-65(70-62)46-19-6-2-7-20-46)45-37-35-44(36-38-45)53-29-15-32-57-56-27-10-11-34-63(56)74-64(53)57/h1-40,42H,41H2. The lowest BCUT2D eigenvalue weighted by Crippen LogP contribution is -2.02. The van der Waals surface area contributed by atoms with Crippen LogP contribution in [0.1, 0.15) is 11.1 Å². The van der Waals surface area contributed by atoms with Crippen LogP contribution >= 0.6 is 0 Å². The molecular formula is C68H43N5O. The average molecular weight is 946 g/mol. The van der Waals surface area contributed by atoms with E-state index in [0.29, 0.717) is 23.3 Å². The first kappa shape index (κ1) is 42.9. The summed E-state index contributed by atoms with van der Waals surface area (Å²) >= 11 is 0. The highest BCUT2D eigenvalue weighted by atomic mass is 16.3. The van der Waals surface area contributed by atoms with Crippen molar-refractivity contribution in [2.24, 2.45) is 0 Å². The Morgan fingerprint density at radius 1 is 0.257 bits per heavy atom. The Kier molecular flexibility index (Phi) is 10.5. The molecule has 6 nitrogen and oxygen atoms in total. The zero-order valence-corrected chi connectivity index (χ0v) is 40.0. The van der Waals surface area contributed by atoms with E-state index in [0.717, 1.165) is 95.4 Å². The lowest BCUT2D eigenvalue weighted by Gasteiger charge is -2.13. The van der Waals surface area contributed by atoms with E-state index in [-0.39, 0.29) is 0 Å². The van der Waals surface area contributed by atoms with Gasteiger partial charge in [0.05, 0.1) is 11.4 Å². The Morgan fingerprint density at radius 2 is 0.689 bits per heavy atom. The van der Waals surface area contributed by atoms with E-state index in [9.17, 15) is 0 Å². The Balaban J connectivity index is 0.826. The SMILES string of the molecule is c1ccc(-c2nc(-c3ccc(-c4cccc5c4oc4ccccc45)cc3)cc(-c3cccc(-c4cccc(-c5nc(-c6ccccc6)nc(-c6cccc7c6Cc6c(-c8ccccc8)cccc6-7)n5)c4)c3)n2)cc1. The molecule has 74 heavy (non-hydrogen) atoms. The van der Waals surface area contributed by atoms with Crippen molar-refractivity contribution in [1.82, 2.24) is 24.9 Å². The average Bonchev–Trinajstić information content (AvgIpc) is 4.07. The molecular weight excluding hydrogens is 903 g/mol. The summed E-state index contributed by atoms with van der Waals surface area (Å²) in [7, 11) is 0. The summed E-state index contributed by atoms with van der Waals surface area (Å²) < 4.78 is 6.40. The van der Waals surface area contributed by atoms with Crippen molar-refractivity contribution in [2.75, 3.05) is 0 Å². The molecule has 0 atom stereocenters. The van der Waals surface area contributed by atoms with Gasteiger partial charge in [0.1, 0.15) is 11.2 Å². The Bertz CT molecular complexity index is 4260. The number of benzene rings is 10. The topological polar surface area (TPSA) is 77.6 Å². The van der Waals surface area contributed by atoms with Gasteiger partial charge in [0.2, 0.25) is 0 Å². The van der Waals surface area contributed by atoms with Gasteiger partial charge < -0.3 is 4.42 Å². The van der Waals surface area contributed by atoms with Crippen molar-refractivity contribution in [3.63, 3.8) is 0 Å². The van der Waals surface area contributed by atoms with Crippen LogP contribution < -0.4 is 0 Å². The van der Waals surface area contributed by atoms with E-state index in [1.54, 1.807) is 0 Å². The molecule has 10 aromatic carbocycles. The van der Waals surface area contributed by atoms with Crippen LogP contribution in [-0.4, -0.2) is 24.9 Å². The summed E-state index contributed by atoms with van der Waals surface area (Å²) in [6.45, 7) is 0. The van der Waals surface area contributed by atoms with Gasteiger partial charge >= 0.3 is 0 Å². The molecule has 0 bridgehead atoms. The number of nitrogens with zero attached hydrogens (tertiary/aromatic N) is 5. The molecule has 0 saturated carbocycles. The minimum Gasteiger partial charge on any atom is -0.455 e. The molecule has 0 saturated heterocycles. The lowest BCUT2D eigenvalue weighted by molar-refractivity contribution is 0.670. The lowest BCUT2D eigenvalue weighted by atomic mass is 9.96. The highest BCUT2D eigenvalue weighted by Gasteiger charge is 2.26. The van der Waals surface area contributed by atoms with E-state index < -0.39 is 0 Å². The van der Waals surface area contributed by atoms with Crippen LogP contribution in [-0.2, 0) is 6.42 Å².